The van der Waals surface area contributed by atoms with E-state index in [0.29, 0.717) is 38.6 Å². The highest BCUT2D eigenvalue weighted by atomic mass is 16.5. The van der Waals surface area contributed by atoms with Crippen molar-refractivity contribution in [2.45, 2.75) is 26.3 Å². The van der Waals surface area contributed by atoms with Gasteiger partial charge in [-0.25, -0.2) is 0 Å². The van der Waals surface area contributed by atoms with Gasteiger partial charge in [0.15, 0.2) is 0 Å². The lowest BCUT2D eigenvalue weighted by atomic mass is 10.1. The van der Waals surface area contributed by atoms with Gasteiger partial charge in [-0.2, -0.15) is 0 Å². The Morgan fingerprint density at radius 3 is 2.90 bits per heavy atom. The zero-order valence-electron chi connectivity index (χ0n) is 12.4. The molecule has 1 aromatic heterocycles. The first kappa shape index (κ1) is 16.6. The van der Waals surface area contributed by atoms with Crippen molar-refractivity contribution in [2.24, 2.45) is 11.7 Å². The number of nitrogens with two attached hydrogens (primary N) is 1. The van der Waals surface area contributed by atoms with Crippen LogP contribution in [0.3, 0.4) is 0 Å². The highest BCUT2D eigenvalue weighted by molar-refractivity contribution is 5.76. The lowest BCUT2D eigenvalue weighted by Gasteiger charge is -2.22. The van der Waals surface area contributed by atoms with E-state index in [9.17, 15) is 4.79 Å². The summed E-state index contributed by atoms with van der Waals surface area (Å²) in [5.41, 5.74) is 6.48. The summed E-state index contributed by atoms with van der Waals surface area (Å²) in [6.45, 7) is 4.32. The molecule has 2 N–H and O–H groups in total. The average molecular weight is 279 g/mol. The Labute approximate surface area is 121 Å². The van der Waals surface area contributed by atoms with Crippen LogP contribution in [0.25, 0.3) is 0 Å². The summed E-state index contributed by atoms with van der Waals surface area (Å²) in [7, 11) is 1.64. The number of hydrogen-bond acceptors (Lipinski definition) is 4. The monoisotopic (exact) mass is 279 g/mol. The highest BCUT2D eigenvalue weighted by Gasteiger charge is 2.15. The predicted molar refractivity (Wildman–Crippen MR) is 79.0 cm³/mol. The fourth-order valence-corrected chi connectivity index (χ4v) is 1.83. The van der Waals surface area contributed by atoms with Crippen molar-refractivity contribution < 1.29 is 9.53 Å². The van der Waals surface area contributed by atoms with Crippen LogP contribution in [0.15, 0.2) is 24.4 Å². The van der Waals surface area contributed by atoms with E-state index in [1.807, 2.05) is 18.2 Å². The number of nitrogens with zero attached hydrogens (tertiary/aromatic N) is 2. The van der Waals surface area contributed by atoms with Crippen molar-refractivity contribution in [1.29, 1.82) is 0 Å². The molecule has 1 unspecified atom stereocenters. The Balaban J connectivity index is 2.56. The fraction of sp³-hybridized carbons (Fsp3) is 0.600. The number of amides is 1. The van der Waals surface area contributed by atoms with Gasteiger partial charge in [0.05, 0.1) is 18.8 Å². The van der Waals surface area contributed by atoms with Gasteiger partial charge >= 0.3 is 0 Å². The first-order valence-electron chi connectivity index (χ1n) is 7.04. The van der Waals surface area contributed by atoms with Crippen molar-refractivity contribution >= 4 is 5.91 Å². The van der Waals surface area contributed by atoms with E-state index < -0.39 is 0 Å². The molecule has 5 nitrogen and oxygen atoms in total. The van der Waals surface area contributed by atoms with E-state index in [0.717, 1.165) is 12.1 Å². The largest absolute Gasteiger partial charge is 0.383 e. The SMILES string of the molecule is COCCN(Cc1ccccn1)C(=O)CCC(C)CN. The first-order chi connectivity index (χ1) is 9.67. The average Bonchev–Trinajstić information content (AvgIpc) is 2.49. The molecule has 0 aliphatic rings. The predicted octanol–water partition coefficient (Wildman–Crippen LogP) is 1.43. The molecule has 0 aliphatic carbocycles. The van der Waals surface area contributed by atoms with E-state index in [1.165, 1.54) is 0 Å². The van der Waals surface area contributed by atoms with Gasteiger partial charge in [-0.1, -0.05) is 13.0 Å². The number of pyridine rings is 1. The molecule has 112 valence electrons. The highest BCUT2D eigenvalue weighted by Crippen LogP contribution is 2.09. The summed E-state index contributed by atoms with van der Waals surface area (Å²) >= 11 is 0. The van der Waals surface area contributed by atoms with Crippen LogP contribution < -0.4 is 5.73 Å². The van der Waals surface area contributed by atoms with Gasteiger partial charge in [0, 0.05) is 26.3 Å². The molecule has 1 heterocycles. The number of ether oxygens (including phenoxy) is 1. The van der Waals surface area contributed by atoms with E-state index in [4.69, 9.17) is 10.5 Å². The van der Waals surface area contributed by atoms with Crippen molar-refractivity contribution in [3.63, 3.8) is 0 Å². The van der Waals surface area contributed by atoms with E-state index in [1.54, 1.807) is 18.2 Å². The molecule has 1 atom stereocenters. The Morgan fingerprint density at radius 1 is 1.50 bits per heavy atom. The minimum Gasteiger partial charge on any atom is -0.383 e. The van der Waals surface area contributed by atoms with Crippen molar-refractivity contribution in [3.05, 3.63) is 30.1 Å². The maximum absolute atomic E-state index is 12.3. The summed E-state index contributed by atoms with van der Waals surface area (Å²) in [4.78, 5) is 18.3. The lowest BCUT2D eigenvalue weighted by molar-refractivity contribution is -0.132. The molecule has 0 saturated carbocycles. The molecule has 5 heteroatoms. The number of rotatable bonds is 9. The molecule has 0 fully saturated rings. The van der Waals surface area contributed by atoms with Crippen LogP contribution >= 0.6 is 0 Å². The standard InChI is InChI=1S/C15H25N3O2/c1-13(11-16)6-7-15(19)18(9-10-20-2)12-14-5-3-4-8-17-14/h3-5,8,13H,6-7,9-12,16H2,1-2H3. The van der Waals surface area contributed by atoms with Crippen LogP contribution in [0.4, 0.5) is 0 Å². The summed E-state index contributed by atoms with van der Waals surface area (Å²) < 4.78 is 5.07. The molecule has 1 amide bonds. The van der Waals surface area contributed by atoms with Crippen molar-refractivity contribution in [1.82, 2.24) is 9.88 Å². The minimum atomic E-state index is 0.132. The molecule has 0 aromatic carbocycles. The van der Waals surface area contributed by atoms with Crippen LogP contribution in [0, 0.1) is 5.92 Å². The topological polar surface area (TPSA) is 68.5 Å². The maximum Gasteiger partial charge on any atom is 0.223 e. The molecule has 0 radical (unpaired) electrons. The second-order valence-corrected chi connectivity index (χ2v) is 5.01. The van der Waals surface area contributed by atoms with Crippen LogP contribution in [0.5, 0.6) is 0 Å². The second-order valence-electron chi connectivity index (χ2n) is 5.01. The molecule has 20 heavy (non-hydrogen) atoms. The quantitative estimate of drug-likeness (QED) is 0.742. The summed E-state index contributed by atoms with van der Waals surface area (Å²) in [5.74, 6) is 0.506. The third-order valence-electron chi connectivity index (χ3n) is 3.25. The van der Waals surface area contributed by atoms with Crippen LogP contribution in [0.1, 0.15) is 25.5 Å². The number of aromatic nitrogens is 1. The molecule has 0 bridgehead atoms. The van der Waals surface area contributed by atoms with Gasteiger partial charge in [-0.3, -0.25) is 9.78 Å². The van der Waals surface area contributed by atoms with Crippen LogP contribution in [-0.2, 0) is 16.1 Å². The van der Waals surface area contributed by atoms with Gasteiger partial charge in [0.2, 0.25) is 5.91 Å². The van der Waals surface area contributed by atoms with Crippen LogP contribution in [-0.4, -0.2) is 42.6 Å². The smallest absolute Gasteiger partial charge is 0.223 e. The molecule has 0 saturated heterocycles. The van der Waals surface area contributed by atoms with Gasteiger partial charge in [0.1, 0.15) is 0 Å². The fourth-order valence-electron chi connectivity index (χ4n) is 1.83. The third-order valence-corrected chi connectivity index (χ3v) is 3.25. The molecular formula is C15H25N3O2. The van der Waals surface area contributed by atoms with Crippen molar-refractivity contribution in [2.75, 3.05) is 26.8 Å². The Bertz CT molecular complexity index is 384. The number of carbonyl (C=O) groups is 1. The Hall–Kier alpha value is -1.46. The Morgan fingerprint density at radius 2 is 2.30 bits per heavy atom. The van der Waals surface area contributed by atoms with Gasteiger partial charge in [-0.15, -0.1) is 0 Å². The lowest BCUT2D eigenvalue weighted by Crippen LogP contribution is -2.34. The van der Waals surface area contributed by atoms with Crippen LogP contribution in [0.2, 0.25) is 0 Å². The van der Waals surface area contributed by atoms with E-state index >= 15 is 0 Å². The third kappa shape index (κ3) is 6.12. The molecule has 0 spiro atoms. The summed E-state index contributed by atoms with van der Waals surface area (Å²) in [6, 6.07) is 5.72. The normalized spacial score (nSPS) is 12.2. The van der Waals surface area contributed by atoms with Gasteiger partial charge in [0.25, 0.3) is 0 Å². The van der Waals surface area contributed by atoms with E-state index in [2.05, 4.69) is 11.9 Å². The molecule has 1 rings (SSSR count). The summed E-state index contributed by atoms with van der Waals surface area (Å²) in [5, 5.41) is 0. The van der Waals surface area contributed by atoms with Gasteiger partial charge < -0.3 is 15.4 Å². The second kappa shape index (κ2) is 9.44. The zero-order chi connectivity index (χ0) is 14.8. The van der Waals surface area contributed by atoms with E-state index in [-0.39, 0.29) is 5.91 Å². The Kier molecular flexibility index (Phi) is 7.84. The zero-order valence-corrected chi connectivity index (χ0v) is 12.4. The molecular weight excluding hydrogens is 254 g/mol. The first-order valence-corrected chi connectivity index (χ1v) is 7.04. The van der Waals surface area contributed by atoms with Crippen molar-refractivity contribution in [3.8, 4) is 0 Å². The van der Waals surface area contributed by atoms with Gasteiger partial charge in [-0.05, 0) is 31.0 Å². The maximum atomic E-state index is 12.3. The minimum absolute atomic E-state index is 0.132. The molecule has 1 aromatic rings. The number of methoxy groups -OCH3 is 1. The molecule has 0 aliphatic heterocycles. The summed E-state index contributed by atoms with van der Waals surface area (Å²) in [6.07, 6.45) is 3.08. The number of hydrogen-bond donors (Lipinski definition) is 1. The number of carbonyl (C=O) groups excluding carboxylic acids is 1.